The molecular formula is C22H27F3N4S. The molecular weight excluding hydrogens is 409 g/mol. The van der Waals surface area contributed by atoms with Gasteiger partial charge in [0.1, 0.15) is 10.7 Å². The van der Waals surface area contributed by atoms with Gasteiger partial charge in [-0.2, -0.15) is 13.2 Å². The maximum atomic E-state index is 13.2. The molecule has 1 aromatic heterocycles. The molecule has 5 rings (SSSR count). The predicted molar refractivity (Wildman–Crippen MR) is 115 cm³/mol. The number of fused-ring (bicyclic) bond motifs is 1. The van der Waals surface area contributed by atoms with Crippen LogP contribution in [0.4, 0.5) is 23.3 Å². The molecule has 162 valence electrons. The minimum atomic E-state index is -4.37. The fourth-order valence-corrected chi connectivity index (χ4v) is 6.47. The Labute approximate surface area is 178 Å². The zero-order valence-electron chi connectivity index (χ0n) is 16.9. The van der Waals surface area contributed by atoms with Crippen LogP contribution < -0.4 is 10.6 Å². The zero-order chi connectivity index (χ0) is 20.9. The van der Waals surface area contributed by atoms with Gasteiger partial charge in [0, 0.05) is 30.7 Å². The van der Waals surface area contributed by atoms with Gasteiger partial charge in [0.05, 0.1) is 5.56 Å². The van der Waals surface area contributed by atoms with E-state index in [1.807, 2.05) is 0 Å². The molecule has 8 heteroatoms. The van der Waals surface area contributed by atoms with Gasteiger partial charge in [-0.25, -0.2) is 4.98 Å². The van der Waals surface area contributed by atoms with E-state index >= 15 is 0 Å². The Balaban J connectivity index is 1.40. The first kappa shape index (κ1) is 20.1. The lowest BCUT2D eigenvalue weighted by atomic mass is 9.93. The van der Waals surface area contributed by atoms with E-state index in [-0.39, 0.29) is 0 Å². The Hall–Kier alpha value is -1.80. The lowest BCUT2D eigenvalue weighted by Crippen LogP contribution is -2.43. The number of anilines is 2. The summed E-state index contributed by atoms with van der Waals surface area (Å²) in [5, 5.41) is 1.31. The van der Waals surface area contributed by atoms with E-state index in [0.717, 1.165) is 24.2 Å². The number of hydrogen-bond acceptors (Lipinski definition) is 5. The van der Waals surface area contributed by atoms with Crippen LogP contribution in [0.5, 0.6) is 0 Å². The minimum Gasteiger partial charge on any atom is -0.375 e. The number of aromatic nitrogens is 1. The Kier molecular flexibility index (Phi) is 5.17. The van der Waals surface area contributed by atoms with Gasteiger partial charge in [-0.05, 0) is 43.9 Å². The molecule has 0 spiro atoms. The SMILES string of the molecule is Nc1nc(-c2cccc(C(F)(F)F)c2)c(N2CC3CCN(C4CCCCC4)C3C2)s1. The second kappa shape index (κ2) is 7.71. The number of benzene rings is 1. The summed E-state index contributed by atoms with van der Waals surface area (Å²) in [6, 6.07) is 6.65. The van der Waals surface area contributed by atoms with E-state index in [1.54, 1.807) is 6.07 Å². The summed E-state index contributed by atoms with van der Waals surface area (Å²) in [5.41, 5.74) is 6.42. The summed E-state index contributed by atoms with van der Waals surface area (Å²) in [6.07, 6.45) is 3.43. The van der Waals surface area contributed by atoms with E-state index in [0.29, 0.717) is 34.4 Å². The summed E-state index contributed by atoms with van der Waals surface area (Å²) < 4.78 is 39.6. The second-order valence-electron chi connectivity index (χ2n) is 8.84. The maximum Gasteiger partial charge on any atom is 0.416 e. The van der Waals surface area contributed by atoms with Crippen molar-refractivity contribution in [1.82, 2.24) is 9.88 Å². The first-order valence-electron chi connectivity index (χ1n) is 10.8. The number of likely N-dealkylation sites (tertiary alicyclic amines) is 1. The number of rotatable bonds is 3. The number of alkyl halides is 3. The van der Waals surface area contributed by atoms with Gasteiger partial charge in [0.25, 0.3) is 0 Å². The van der Waals surface area contributed by atoms with Crippen LogP contribution >= 0.6 is 11.3 Å². The molecule has 1 saturated carbocycles. The van der Waals surface area contributed by atoms with Gasteiger partial charge in [-0.1, -0.05) is 42.7 Å². The van der Waals surface area contributed by atoms with Crippen molar-refractivity contribution in [3.63, 3.8) is 0 Å². The molecule has 2 aromatic rings. The fraction of sp³-hybridized carbons (Fsp3) is 0.591. The lowest BCUT2D eigenvalue weighted by molar-refractivity contribution is -0.137. The molecule has 30 heavy (non-hydrogen) atoms. The summed E-state index contributed by atoms with van der Waals surface area (Å²) >= 11 is 1.39. The van der Waals surface area contributed by atoms with E-state index < -0.39 is 11.7 Å². The average molecular weight is 437 g/mol. The topological polar surface area (TPSA) is 45.4 Å². The first-order chi connectivity index (χ1) is 14.4. The molecule has 1 aliphatic carbocycles. The summed E-state index contributed by atoms with van der Waals surface area (Å²) in [4.78, 5) is 9.46. The van der Waals surface area contributed by atoms with Crippen LogP contribution in [-0.2, 0) is 6.18 Å². The van der Waals surface area contributed by atoms with Gasteiger partial charge in [-0.15, -0.1) is 0 Å². The largest absolute Gasteiger partial charge is 0.416 e. The lowest BCUT2D eigenvalue weighted by Gasteiger charge is -2.35. The number of hydrogen-bond donors (Lipinski definition) is 1. The average Bonchev–Trinajstić information content (AvgIpc) is 3.41. The quantitative estimate of drug-likeness (QED) is 0.713. The monoisotopic (exact) mass is 436 g/mol. The molecule has 2 saturated heterocycles. The van der Waals surface area contributed by atoms with Crippen LogP contribution in [0.3, 0.4) is 0 Å². The smallest absolute Gasteiger partial charge is 0.375 e. The third kappa shape index (κ3) is 3.68. The molecule has 3 aliphatic rings. The molecule has 2 aliphatic heterocycles. The van der Waals surface area contributed by atoms with E-state index in [9.17, 15) is 13.2 Å². The van der Waals surface area contributed by atoms with Crippen molar-refractivity contribution in [1.29, 1.82) is 0 Å². The van der Waals surface area contributed by atoms with Crippen LogP contribution in [0.15, 0.2) is 24.3 Å². The molecule has 2 N–H and O–H groups in total. The third-order valence-corrected chi connectivity index (χ3v) is 7.96. The number of nitrogen functional groups attached to an aromatic ring is 1. The summed E-state index contributed by atoms with van der Waals surface area (Å²) in [5.74, 6) is 0.615. The van der Waals surface area contributed by atoms with Crippen molar-refractivity contribution in [3.8, 4) is 11.3 Å². The van der Waals surface area contributed by atoms with Crippen LogP contribution in [0.2, 0.25) is 0 Å². The van der Waals surface area contributed by atoms with Crippen molar-refractivity contribution in [2.75, 3.05) is 30.3 Å². The molecule has 1 aromatic carbocycles. The highest BCUT2D eigenvalue weighted by molar-refractivity contribution is 7.19. The molecule has 4 nitrogen and oxygen atoms in total. The summed E-state index contributed by atoms with van der Waals surface area (Å²) in [6.45, 7) is 3.02. The molecule has 2 atom stereocenters. The highest BCUT2D eigenvalue weighted by Gasteiger charge is 2.44. The van der Waals surface area contributed by atoms with Crippen molar-refractivity contribution in [2.24, 2.45) is 5.92 Å². The molecule has 2 unspecified atom stereocenters. The Morgan fingerprint density at radius 2 is 1.87 bits per heavy atom. The van der Waals surface area contributed by atoms with Crippen LogP contribution in [0.1, 0.15) is 44.1 Å². The van der Waals surface area contributed by atoms with E-state index in [1.165, 1.54) is 68.5 Å². The van der Waals surface area contributed by atoms with Crippen LogP contribution in [-0.4, -0.2) is 41.6 Å². The van der Waals surface area contributed by atoms with E-state index in [2.05, 4.69) is 14.8 Å². The Morgan fingerprint density at radius 1 is 1.07 bits per heavy atom. The zero-order valence-corrected chi connectivity index (χ0v) is 17.7. The maximum absolute atomic E-state index is 13.2. The van der Waals surface area contributed by atoms with Gasteiger partial charge in [-0.3, -0.25) is 4.90 Å². The van der Waals surface area contributed by atoms with Crippen molar-refractivity contribution >= 4 is 21.5 Å². The number of thiazole rings is 1. The first-order valence-corrected chi connectivity index (χ1v) is 11.7. The van der Waals surface area contributed by atoms with Gasteiger partial charge in [0.15, 0.2) is 5.13 Å². The van der Waals surface area contributed by atoms with Gasteiger partial charge in [0.2, 0.25) is 0 Å². The van der Waals surface area contributed by atoms with E-state index in [4.69, 9.17) is 5.73 Å². The normalized spacial score (nSPS) is 25.8. The van der Waals surface area contributed by atoms with Crippen LogP contribution in [0.25, 0.3) is 11.3 Å². The molecule has 0 bridgehead atoms. The molecule has 3 fully saturated rings. The Bertz CT molecular complexity index is 906. The fourth-order valence-electron chi connectivity index (χ4n) is 5.60. The standard InChI is InChI=1S/C22H27F3N4S/c23-22(24,25)16-6-4-5-14(11-16)19-20(30-21(26)27-19)28-12-15-9-10-29(18(15)13-28)17-7-2-1-3-8-17/h4-6,11,15,17-18H,1-3,7-10,12-13H2,(H2,26,27). The Morgan fingerprint density at radius 3 is 2.63 bits per heavy atom. The van der Waals surface area contributed by atoms with Crippen LogP contribution in [0, 0.1) is 5.92 Å². The number of nitrogens with two attached hydrogens (primary N) is 1. The molecule has 3 heterocycles. The second-order valence-corrected chi connectivity index (χ2v) is 9.84. The third-order valence-electron chi connectivity index (χ3n) is 7.01. The van der Waals surface area contributed by atoms with Gasteiger partial charge < -0.3 is 10.6 Å². The predicted octanol–water partition coefficient (Wildman–Crippen LogP) is 5.25. The number of halogens is 3. The molecule has 0 radical (unpaired) electrons. The van der Waals surface area contributed by atoms with Gasteiger partial charge >= 0.3 is 6.18 Å². The van der Waals surface area contributed by atoms with Crippen molar-refractivity contribution in [3.05, 3.63) is 29.8 Å². The van der Waals surface area contributed by atoms with Crippen molar-refractivity contribution < 1.29 is 13.2 Å². The van der Waals surface area contributed by atoms with Crippen molar-refractivity contribution in [2.45, 2.75) is 56.8 Å². The highest BCUT2D eigenvalue weighted by atomic mass is 32.1. The molecule has 0 amide bonds. The minimum absolute atomic E-state index is 0.401. The number of nitrogens with zero attached hydrogens (tertiary/aromatic N) is 3. The highest BCUT2D eigenvalue weighted by Crippen LogP contribution is 2.44. The summed E-state index contributed by atoms with van der Waals surface area (Å²) in [7, 11) is 0.